The van der Waals surface area contributed by atoms with Crippen LogP contribution in [0.25, 0.3) is 6.08 Å². The number of carbonyl (C=O) groups is 1. The smallest absolute Gasteiger partial charge is 0.363 e. The molecule has 0 fully saturated rings. The summed E-state index contributed by atoms with van der Waals surface area (Å²) in [5, 5.41) is 0. The molecule has 0 unspecified atom stereocenters. The van der Waals surface area contributed by atoms with E-state index in [2.05, 4.69) is 18.2 Å². The van der Waals surface area contributed by atoms with E-state index < -0.39 is 5.97 Å². The quantitative estimate of drug-likeness (QED) is 0.402. The summed E-state index contributed by atoms with van der Waals surface area (Å²) in [7, 11) is 0. The van der Waals surface area contributed by atoms with Crippen LogP contribution in [0.5, 0.6) is 11.5 Å². The van der Waals surface area contributed by atoms with Crippen molar-refractivity contribution < 1.29 is 19.0 Å². The van der Waals surface area contributed by atoms with E-state index in [1.807, 2.05) is 36.4 Å². The minimum atomic E-state index is -0.491. The lowest BCUT2D eigenvalue weighted by Crippen LogP contribution is -2.05. The summed E-state index contributed by atoms with van der Waals surface area (Å²) in [5.74, 6) is 0.932. The van der Waals surface area contributed by atoms with Crippen molar-refractivity contribution in [2.75, 3.05) is 13.2 Å². The van der Waals surface area contributed by atoms with Crippen LogP contribution in [-0.4, -0.2) is 25.1 Å². The van der Waals surface area contributed by atoms with Crippen LogP contribution < -0.4 is 9.47 Å². The maximum Gasteiger partial charge on any atom is 0.363 e. The second-order valence-corrected chi connectivity index (χ2v) is 5.61. The lowest BCUT2D eigenvalue weighted by Gasteiger charge is -2.11. The molecule has 0 aromatic heterocycles. The number of benzene rings is 2. The Morgan fingerprint density at radius 2 is 1.67 bits per heavy atom. The third kappa shape index (κ3) is 4.52. The molecule has 2 aromatic rings. The topological polar surface area (TPSA) is 57.1 Å². The zero-order chi connectivity index (χ0) is 19.1. The van der Waals surface area contributed by atoms with E-state index in [9.17, 15) is 4.79 Å². The fraction of sp³-hybridized carbons (Fsp3) is 0.0909. The molecule has 0 amide bonds. The summed E-state index contributed by atoms with van der Waals surface area (Å²) < 4.78 is 16.5. The highest BCUT2D eigenvalue weighted by molar-refractivity contribution is 6.12. The third-order valence-corrected chi connectivity index (χ3v) is 3.63. The van der Waals surface area contributed by atoms with Gasteiger partial charge in [0.25, 0.3) is 0 Å². The van der Waals surface area contributed by atoms with E-state index in [0.717, 1.165) is 11.1 Å². The van der Waals surface area contributed by atoms with Gasteiger partial charge in [0.05, 0.1) is 0 Å². The predicted molar refractivity (Wildman–Crippen MR) is 105 cm³/mol. The molecule has 0 saturated carbocycles. The highest BCUT2D eigenvalue weighted by Crippen LogP contribution is 2.30. The van der Waals surface area contributed by atoms with Crippen LogP contribution in [-0.2, 0) is 9.53 Å². The molecule has 1 heterocycles. The van der Waals surface area contributed by atoms with E-state index >= 15 is 0 Å². The van der Waals surface area contributed by atoms with Gasteiger partial charge in [0.15, 0.2) is 17.2 Å². The number of nitrogens with zero attached hydrogens (tertiary/aromatic N) is 1. The summed E-state index contributed by atoms with van der Waals surface area (Å²) in [6, 6.07) is 14.6. The third-order valence-electron chi connectivity index (χ3n) is 3.63. The van der Waals surface area contributed by atoms with Gasteiger partial charge in [-0.25, -0.2) is 9.79 Å². The molecule has 1 aliphatic heterocycles. The molecule has 0 radical (unpaired) electrons. The van der Waals surface area contributed by atoms with Crippen molar-refractivity contribution in [3.05, 3.63) is 90.7 Å². The van der Waals surface area contributed by atoms with Crippen LogP contribution in [0.4, 0.5) is 0 Å². The van der Waals surface area contributed by atoms with Gasteiger partial charge in [-0.15, -0.1) is 0 Å². The Bertz CT molecular complexity index is 913. The Morgan fingerprint density at radius 3 is 2.37 bits per heavy atom. The number of hydrogen-bond acceptors (Lipinski definition) is 5. The van der Waals surface area contributed by atoms with Gasteiger partial charge in [-0.3, -0.25) is 0 Å². The SMILES string of the molecule is C=CCOc1ccc(C=C2N=C(c3ccccc3)OC2=O)cc1OCC=C. The van der Waals surface area contributed by atoms with Crippen molar-refractivity contribution >= 4 is 17.9 Å². The van der Waals surface area contributed by atoms with Crippen LogP contribution >= 0.6 is 0 Å². The Labute approximate surface area is 157 Å². The Kier molecular flexibility index (Phi) is 5.84. The molecule has 5 nitrogen and oxygen atoms in total. The second kappa shape index (κ2) is 8.67. The van der Waals surface area contributed by atoms with Crippen LogP contribution in [0.1, 0.15) is 11.1 Å². The molecule has 3 rings (SSSR count). The van der Waals surface area contributed by atoms with Crippen molar-refractivity contribution in [2.24, 2.45) is 4.99 Å². The van der Waals surface area contributed by atoms with Crippen LogP contribution in [0.15, 0.2) is 84.5 Å². The van der Waals surface area contributed by atoms with Gasteiger partial charge in [-0.05, 0) is 35.9 Å². The van der Waals surface area contributed by atoms with E-state index in [4.69, 9.17) is 14.2 Å². The Hall–Kier alpha value is -3.60. The molecule has 0 spiro atoms. The molecule has 0 bridgehead atoms. The normalized spacial score (nSPS) is 14.4. The first kappa shape index (κ1) is 18.2. The van der Waals surface area contributed by atoms with Crippen molar-refractivity contribution in [3.8, 4) is 11.5 Å². The number of carbonyl (C=O) groups excluding carboxylic acids is 1. The van der Waals surface area contributed by atoms with Gasteiger partial charge in [-0.1, -0.05) is 49.6 Å². The molecule has 0 atom stereocenters. The first-order valence-electron chi connectivity index (χ1n) is 8.40. The van der Waals surface area contributed by atoms with Gasteiger partial charge >= 0.3 is 5.97 Å². The molecule has 0 aliphatic carbocycles. The monoisotopic (exact) mass is 361 g/mol. The number of esters is 1. The lowest BCUT2D eigenvalue weighted by molar-refractivity contribution is -0.129. The highest BCUT2D eigenvalue weighted by atomic mass is 16.6. The molecule has 1 aliphatic rings. The van der Waals surface area contributed by atoms with E-state index in [1.165, 1.54) is 0 Å². The van der Waals surface area contributed by atoms with Crippen molar-refractivity contribution in [3.63, 3.8) is 0 Å². The predicted octanol–water partition coefficient (Wildman–Crippen LogP) is 4.16. The van der Waals surface area contributed by atoms with Crippen LogP contribution in [0.2, 0.25) is 0 Å². The van der Waals surface area contributed by atoms with E-state index in [1.54, 1.807) is 30.4 Å². The molecule has 0 N–H and O–H groups in total. The van der Waals surface area contributed by atoms with Gasteiger partial charge < -0.3 is 14.2 Å². The molecule has 2 aromatic carbocycles. The number of aliphatic imine (C=N–C) groups is 1. The molecular weight excluding hydrogens is 342 g/mol. The summed E-state index contributed by atoms with van der Waals surface area (Å²) in [6.07, 6.45) is 4.95. The molecular formula is C22H19NO4. The first-order valence-corrected chi connectivity index (χ1v) is 8.40. The Balaban J connectivity index is 1.89. The zero-order valence-corrected chi connectivity index (χ0v) is 14.8. The zero-order valence-electron chi connectivity index (χ0n) is 14.8. The largest absolute Gasteiger partial charge is 0.486 e. The van der Waals surface area contributed by atoms with E-state index in [-0.39, 0.29) is 5.70 Å². The lowest BCUT2D eigenvalue weighted by atomic mass is 10.1. The van der Waals surface area contributed by atoms with Crippen LogP contribution in [0.3, 0.4) is 0 Å². The second-order valence-electron chi connectivity index (χ2n) is 5.61. The number of hydrogen-bond donors (Lipinski definition) is 0. The fourth-order valence-corrected chi connectivity index (χ4v) is 2.42. The first-order chi connectivity index (χ1) is 13.2. The number of rotatable bonds is 8. The van der Waals surface area contributed by atoms with Gasteiger partial charge in [-0.2, -0.15) is 0 Å². The fourth-order valence-electron chi connectivity index (χ4n) is 2.42. The minimum Gasteiger partial charge on any atom is -0.486 e. The standard InChI is InChI=1S/C22H19NO4/c1-3-12-25-19-11-10-16(15-20(19)26-13-4-2)14-18-22(24)27-21(23-18)17-8-6-5-7-9-17/h3-11,14-15H,1-2,12-13H2. The summed E-state index contributed by atoms with van der Waals surface area (Å²) in [5.41, 5.74) is 1.71. The molecule has 27 heavy (non-hydrogen) atoms. The molecule has 0 saturated heterocycles. The van der Waals surface area contributed by atoms with Crippen molar-refractivity contribution in [2.45, 2.75) is 0 Å². The number of ether oxygens (including phenoxy) is 3. The van der Waals surface area contributed by atoms with Crippen LogP contribution in [0, 0.1) is 0 Å². The van der Waals surface area contributed by atoms with Crippen molar-refractivity contribution in [1.29, 1.82) is 0 Å². The van der Waals surface area contributed by atoms with Gasteiger partial charge in [0.2, 0.25) is 5.90 Å². The highest BCUT2D eigenvalue weighted by Gasteiger charge is 2.24. The minimum absolute atomic E-state index is 0.225. The summed E-state index contributed by atoms with van der Waals surface area (Å²) in [4.78, 5) is 16.4. The summed E-state index contributed by atoms with van der Waals surface area (Å²) >= 11 is 0. The summed E-state index contributed by atoms with van der Waals surface area (Å²) in [6.45, 7) is 7.98. The van der Waals surface area contributed by atoms with Crippen molar-refractivity contribution in [1.82, 2.24) is 0 Å². The van der Waals surface area contributed by atoms with E-state index in [0.29, 0.717) is 30.6 Å². The average Bonchev–Trinajstić information content (AvgIpc) is 3.06. The number of cyclic esters (lactones) is 1. The Morgan fingerprint density at radius 1 is 0.963 bits per heavy atom. The van der Waals surface area contributed by atoms with Gasteiger partial charge in [0, 0.05) is 5.56 Å². The maximum atomic E-state index is 12.1. The molecule has 136 valence electrons. The maximum absolute atomic E-state index is 12.1. The average molecular weight is 361 g/mol. The molecule has 5 heteroatoms. The van der Waals surface area contributed by atoms with Gasteiger partial charge in [0.1, 0.15) is 13.2 Å².